The summed E-state index contributed by atoms with van der Waals surface area (Å²) in [6.45, 7) is 6.49. The number of hydrogen-bond donors (Lipinski definition) is 2. The third-order valence-electron chi connectivity index (χ3n) is 3.44. The number of nitro groups is 1. The Bertz CT molecular complexity index is 726. The van der Waals surface area contributed by atoms with Gasteiger partial charge in [0.25, 0.3) is 5.69 Å². The highest BCUT2D eigenvalue weighted by Gasteiger charge is 2.15. The predicted molar refractivity (Wildman–Crippen MR) is 86.3 cm³/mol. The van der Waals surface area contributed by atoms with E-state index in [0.717, 1.165) is 17.8 Å². The topological polar surface area (TPSA) is 102 Å². The molecule has 0 saturated heterocycles. The minimum absolute atomic E-state index is 0.0732. The molecule has 8 nitrogen and oxygen atoms in total. The van der Waals surface area contributed by atoms with E-state index in [1.807, 2.05) is 27.0 Å². The number of amides is 2. The van der Waals surface area contributed by atoms with Gasteiger partial charge >= 0.3 is 6.03 Å². The number of nitrogens with zero attached hydrogens (tertiary/aromatic N) is 3. The molecule has 1 heterocycles. The van der Waals surface area contributed by atoms with Gasteiger partial charge in [0.05, 0.1) is 16.7 Å². The van der Waals surface area contributed by atoms with Crippen molar-refractivity contribution in [3.63, 3.8) is 0 Å². The predicted octanol–water partition coefficient (Wildman–Crippen LogP) is 3.00. The van der Waals surface area contributed by atoms with Gasteiger partial charge in [-0.25, -0.2) is 4.79 Å². The van der Waals surface area contributed by atoms with Gasteiger partial charge in [-0.2, -0.15) is 5.10 Å². The van der Waals surface area contributed by atoms with E-state index < -0.39 is 11.0 Å². The number of urea groups is 1. The van der Waals surface area contributed by atoms with Crippen LogP contribution in [0.1, 0.15) is 31.1 Å². The molecule has 1 aromatic heterocycles. The van der Waals surface area contributed by atoms with Crippen LogP contribution >= 0.6 is 0 Å². The van der Waals surface area contributed by atoms with Gasteiger partial charge in [-0.3, -0.25) is 14.8 Å². The maximum Gasteiger partial charge on any atom is 0.319 e. The van der Waals surface area contributed by atoms with Gasteiger partial charge in [-0.15, -0.1) is 0 Å². The molecule has 0 bridgehead atoms. The van der Waals surface area contributed by atoms with Crippen LogP contribution in [-0.2, 0) is 6.54 Å². The van der Waals surface area contributed by atoms with Crippen LogP contribution in [0.5, 0.6) is 0 Å². The number of hydrogen-bond acceptors (Lipinski definition) is 4. The van der Waals surface area contributed by atoms with Gasteiger partial charge in [-0.1, -0.05) is 6.07 Å². The summed E-state index contributed by atoms with van der Waals surface area (Å²) in [4.78, 5) is 22.3. The zero-order valence-corrected chi connectivity index (χ0v) is 13.2. The number of carbonyl (C=O) groups excluding carboxylic acids is 1. The average molecular weight is 317 g/mol. The molecular weight excluding hydrogens is 298 g/mol. The van der Waals surface area contributed by atoms with Crippen LogP contribution in [0.2, 0.25) is 0 Å². The molecule has 23 heavy (non-hydrogen) atoms. The molecule has 0 radical (unpaired) electrons. The molecule has 1 unspecified atom stereocenters. The van der Waals surface area contributed by atoms with Crippen LogP contribution in [0.4, 0.5) is 16.2 Å². The molecule has 0 saturated carbocycles. The van der Waals surface area contributed by atoms with Gasteiger partial charge in [0, 0.05) is 36.1 Å². The van der Waals surface area contributed by atoms with Crippen molar-refractivity contribution in [3.8, 4) is 0 Å². The van der Waals surface area contributed by atoms with Crippen molar-refractivity contribution >= 4 is 17.4 Å². The quantitative estimate of drug-likeness (QED) is 0.653. The van der Waals surface area contributed by atoms with Crippen molar-refractivity contribution in [3.05, 3.63) is 51.8 Å². The van der Waals surface area contributed by atoms with Crippen molar-refractivity contribution in [2.24, 2.45) is 0 Å². The molecule has 2 amide bonds. The van der Waals surface area contributed by atoms with Crippen LogP contribution in [0.15, 0.2) is 30.5 Å². The Hall–Kier alpha value is -2.90. The van der Waals surface area contributed by atoms with Gasteiger partial charge in [0.15, 0.2) is 0 Å². The smallest absolute Gasteiger partial charge is 0.319 e. The fraction of sp³-hybridized carbons (Fsp3) is 0.333. The van der Waals surface area contributed by atoms with Crippen LogP contribution in [-0.4, -0.2) is 20.7 Å². The highest BCUT2D eigenvalue weighted by atomic mass is 16.6. The van der Waals surface area contributed by atoms with Crippen molar-refractivity contribution in [2.75, 3.05) is 5.32 Å². The fourth-order valence-electron chi connectivity index (χ4n) is 2.26. The van der Waals surface area contributed by atoms with E-state index in [1.54, 1.807) is 10.7 Å². The van der Waals surface area contributed by atoms with Crippen molar-refractivity contribution in [1.82, 2.24) is 15.1 Å². The van der Waals surface area contributed by atoms with E-state index >= 15 is 0 Å². The zero-order valence-electron chi connectivity index (χ0n) is 13.2. The second kappa shape index (κ2) is 6.91. The van der Waals surface area contributed by atoms with E-state index in [4.69, 9.17) is 0 Å². The average Bonchev–Trinajstić information content (AvgIpc) is 2.88. The minimum Gasteiger partial charge on any atom is -0.331 e. The maximum absolute atomic E-state index is 12.0. The van der Waals surface area contributed by atoms with Gasteiger partial charge in [0.2, 0.25) is 0 Å². The van der Waals surface area contributed by atoms with E-state index in [1.165, 1.54) is 18.2 Å². The van der Waals surface area contributed by atoms with Gasteiger partial charge < -0.3 is 10.6 Å². The summed E-state index contributed by atoms with van der Waals surface area (Å²) in [6, 6.07) is 5.14. The highest BCUT2D eigenvalue weighted by molar-refractivity contribution is 5.89. The lowest BCUT2D eigenvalue weighted by molar-refractivity contribution is -0.384. The molecule has 1 atom stereocenters. The number of nitro benzene ring substituents is 1. The Morgan fingerprint density at radius 1 is 1.48 bits per heavy atom. The Kier molecular flexibility index (Phi) is 4.95. The van der Waals surface area contributed by atoms with Crippen LogP contribution in [0, 0.1) is 17.0 Å². The molecule has 0 aliphatic carbocycles. The molecule has 0 aliphatic heterocycles. The standard InChI is InChI=1S/C15H19N5O3/c1-4-19-9-14(11(3)18-19)10(2)16-15(21)17-12-6-5-7-13(8-12)20(22)23/h5-10H,4H2,1-3H3,(H2,16,17,21). The number of anilines is 1. The number of aromatic nitrogens is 2. The summed E-state index contributed by atoms with van der Waals surface area (Å²) in [5, 5.41) is 20.5. The number of benzene rings is 1. The zero-order chi connectivity index (χ0) is 17.0. The molecule has 0 spiro atoms. The summed E-state index contributed by atoms with van der Waals surface area (Å²) >= 11 is 0. The molecule has 2 rings (SSSR count). The molecule has 0 aliphatic rings. The third kappa shape index (κ3) is 4.06. The molecule has 2 aromatic rings. The second-order valence-electron chi connectivity index (χ2n) is 5.15. The molecule has 122 valence electrons. The van der Waals surface area contributed by atoms with E-state index in [0.29, 0.717) is 5.69 Å². The first-order valence-corrected chi connectivity index (χ1v) is 7.26. The minimum atomic E-state index is -0.506. The van der Waals surface area contributed by atoms with Crippen LogP contribution < -0.4 is 10.6 Å². The Morgan fingerprint density at radius 2 is 2.22 bits per heavy atom. The Morgan fingerprint density at radius 3 is 2.83 bits per heavy atom. The molecule has 2 N–H and O–H groups in total. The summed E-state index contributed by atoms with van der Waals surface area (Å²) in [6.07, 6.45) is 1.90. The second-order valence-corrected chi connectivity index (χ2v) is 5.15. The Balaban J connectivity index is 2.02. The van der Waals surface area contributed by atoms with Gasteiger partial charge in [-0.05, 0) is 26.8 Å². The Labute approximate surface area is 133 Å². The van der Waals surface area contributed by atoms with E-state index in [9.17, 15) is 14.9 Å². The summed E-state index contributed by atoms with van der Waals surface area (Å²) in [5.41, 5.74) is 2.08. The first-order valence-electron chi connectivity index (χ1n) is 7.26. The summed E-state index contributed by atoms with van der Waals surface area (Å²) < 4.78 is 1.81. The number of aryl methyl sites for hydroxylation is 2. The number of rotatable bonds is 5. The van der Waals surface area contributed by atoms with Gasteiger partial charge in [0.1, 0.15) is 0 Å². The summed E-state index contributed by atoms with van der Waals surface area (Å²) in [5.74, 6) is 0. The third-order valence-corrected chi connectivity index (χ3v) is 3.44. The molecular formula is C15H19N5O3. The van der Waals surface area contributed by atoms with Crippen molar-refractivity contribution < 1.29 is 9.72 Å². The molecule has 1 aromatic carbocycles. The first kappa shape index (κ1) is 16.5. The lowest BCUT2D eigenvalue weighted by Gasteiger charge is -2.14. The highest BCUT2D eigenvalue weighted by Crippen LogP contribution is 2.18. The fourth-order valence-corrected chi connectivity index (χ4v) is 2.26. The van der Waals surface area contributed by atoms with E-state index in [-0.39, 0.29) is 11.7 Å². The first-order chi connectivity index (χ1) is 10.9. The SMILES string of the molecule is CCn1cc(C(C)NC(=O)Nc2cccc([N+](=O)[O-])c2)c(C)n1. The number of non-ortho nitro benzene ring substituents is 1. The van der Waals surface area contributed by atoms with Crippen molar-refractivity contribution in [2.45, 2.75) is 33.4 Å². The lowest BCUT2D eigenvalue weighted by Crippen LogP contribution is -2.31. The maximum atomic E-state index is 12.0. The largest absolute Gasteiger partial charge is 0.331 e. The lowest BCUT2D eigenvalue weighted by atomic mass is 10.1. The molecule has 0 fully saturated rings. The van der Waals surface area contributed by atoms with E-state index in [2.05, 4.69) is 15.7 Å². The van der Waals surface area contributed by atoms with Crippen LogP contribution in [0.25, 0.3) is 0 Å². The number of carbonyl (C=O) groups is 1. The summed E-state index contributed by atoms with van der Waals surface area (Å²) in [7, 11) is 0. The molecule has 8 heteroatoms. The van der Waals surface area contributed by atoms with Crippen molar-refractivity contribution in [1.29, 1.82) is 0 Å². The van der Waals surface area contributed by atoms with Crippen LogP contribution in [0.3, 0.4) is 0 Å². The number of nitrogens with one attached hydrogen (secondary N) is 2. The normalized spacial score (nSPS) is 11.8. The monoisotopic (exact) mass is 317 g/mol.